The Morgan fingerprint density at radius 3 is 2.83 bits per heavy atom. The lowest BCUT2D eigenvalue weighted by atomic mass is 10.2. The molecule has 0 radical (unpaired) electrons. The number of fused-ring (bicyclic) bond motifs is 1. The molecule has 0 spiro atoms. The van der Waals surface area contributed by atoms with Crippen molar-refractivity contribution < 1.29 is 14.3 Å². The van der Waals surface area contributed by atoms with E-state index in [1.54, 1.807) is 18.2 Å². The molecule has 1 aromatic carbocycles. The lowest BCUT2D eigenvalue weighted by Gasteiger charge is -2.10. The Bertz CT molecular complexity index is 1000. The summed E-state index contributed by atoms with van der Waals surface area (Å²) in [5.41, 5.74) is 0.236. The largest absolute Gasteiger partial charge is 0.481 e. The highest BCUT2D eigenvalue weighted by molar-refractivity contribution is 9.10. The van der Waals surface area contributed by atoms with Gasteiger partial charge < -0.3 is 5.11 Å². The van der Waals surface area contributed by atoms with Crippen molar-refractivity contribution in [2.24, 2.45) is 0 Å². The van der Waals surface area contributed by atoms with E-state index in [9.17, 15) is 14.0 Å². The molecule has 24 heavy (non-hydrogen) atoms. The first-order valence-electron chi connectivity index (χ1n) is 6.96. The summed E-state index contributed by atoms with van der Waals surface area (Å²) in [6, 6.07) is 7.62. The molecule has 6 nitrogen and oxygen atoms in total. The van der Waals surface area contributed by atoms with Gasteiger partial charge in [-0.15, -0.1) is 0 Å². The van der Waals surface area contributed by atoms with Gasteiger partial charge in [-0.1, -0.05) is 22.0 Å². The van der Waals surface area contributed by atoms with Crippen molar-refractivity contribution in [2.75, 3.05) is 0 Å². The van der Waals surface area contributed by atoms with Gasteiger partial charge in [-0.25, -0.2) is 9.07 Å². The molecule has 0 bridgehead atoms. The molecule has 1 N–H and O–H groups in total. The standard InChI is InChI=1S/C16H11BrFN3O3/c17-10-4-3-9(12(18)6-10)8-21-16(24)11-2-1-5-19-15(11)13(20-21)7-14(22)23/h1-6H,7-8H2,(H,22,23). The molecule has 0 fully saturated rings. The van der Waals surface area contributed by atoms with Crippen LogP contribution >= 0.6 is 15.9 Å². The summed E-state index contributed by atoms with van der Waals surface area (Å²) in [6.45, 7) is -0.102. The third kappa shape index (κ3) is 3.18. The first-order chi connectivity index (χ1) is 11.5. The normalized spacial score (nSPS) is 10.9. The Labute approximate surface area is 143 Å². The fraction of sp³-hybridized carbons (Fsp3) is 0.125. The van der Waals surface area contributed by atoms with Gasteiger partial charge in [-0.05, 0) is 24.3 Å². The zero-order valence-corrected chi connectivity index (χ0v) is 13.8. The smallest absolute Gasteiger partial charge is 0.309 e. The van der Waals surface area contributed by atoms with E-state index in [0.717, 1.165) is 4.68 Å². The number of rotatable bonds is 4. The number of benzene rings is 1. The van der Waals surface area contributed by atoms with E-state index in [0.29, 0.717) is 4.47 Å². The SMILES string of the molecule is O=C(O)Cc1nn(Cc2ccc(Br)cc2F)c(=O)c2cccnc12. The predicted octanol–water partition coefficient (Wildman–Crippen LogP) is 2.37. The second-order valence-corrected chi connectivity index (χ2v) is 6.03. The lowest BCUT2D eigenvalue weighted by Crippen LogP contribution is -2.26. The highest BCUT2D eigenvalue weighted by atomic mass is 79.9. The summed E-state index contributed by atoms with van der Waals surface area (Å²) in [6.07, 6.45) is 1.09. The molecule has 0 atom stereocenters. The van der Waals surface area contributed by atoms with Crippen molar-refractivity contribution in [3.63, 3.8) is 0 Å². The maximum absolute atomic E-state index is 14.0. The Hall–Kier alpha value is -2.61. The highest BCUT2D eigenvalue weighted by Gasteiger charge is 2.15. The van der Waals surface area contributed by atoms with E-state index >= 15 is 0 Å². The number of carbonyl (C=O) groups is 1. The van der Waals surface area contributed by atoms with Crippen LogP contribution in [0, 0.1) is 5.82 Å². The zero-order chi connectivity index (χ0) is 17.3. The van der Waals surface area contributed by atoms with Crippen molar-refractivity contribution >= 4 is 32.8 Å². The Morgan fingerprint density at radius 1 is 1.33 bits per heavy atom. The summed E-state index contributed by atoms with van der Waals surface area (Å²) in [7, 11) is 0. The van der Waals surface area contributed by atoms with E-state index < -0.39 is 17.3 Å². The van der Waals surface area contributed by atoms with Crippen LogP contribution in [0.2, 0.25) is 0 Å². The predicted molar refractivity (Wildman–Crippen MR) is 88.3 cm³/mol. The summed E-state index contributed by atoms with van der Waals surface area (Å²) in [5.74, 6) is -1.57. The molecular formula is C16H11BrFN3O3. The molecule has 3 rings (SSSR count). The average Bonchev–Trinajstić information content (AvgIpc) is 2.54. The average molecular weight is 392 g/mol. The third-order valence-corrected chi connectivity index (χ3v) is 3.93. The molecule has 3 aromatic rings. The number of halogens is 2. The van der Waals surface area contributed by atoms with Crippen LogP contribution in [-0.4, -0.2) is 25.8 Å². The molecule has 0 aliphatic heterocycles. The van der Waals surface area contributed by atoms with E-state index in [4.69, 9.17) is 5.11 Å². The van der Waals surface area contributed by atoms with Crippen LogP contribution in [0.4, 0.5) is 4.39 Å². The molecule has 0 saturated carbocycles. The van der Waals surface area contributed by atoms with E-state index in [-0.39, 0.29) is 35.1 Å². The number of hydrogen-bond acceptors (Lipinski definition) is 4. The van der Waals surface area contributed by atoms with Gasteiger partial charge in [0.05, 0.1) is 29.6 Å². The van der Waals surface area contributed by atoms with Crippen LogP contribution < -0.4 is 5.56 Å². The van der Waals surface area contributed by atoms with Crippen LogP contribution in [0.1, 0.15) is 11.3 Å². The summed E-state index contributed by atoms with van der Waals surface area (Å²) >= 11 is 3.17. The van der Waals surface area contributed by atoms with Gasteiger partial charge in [0, 0.05) is 16.2 Å². The fourth-order valence-electron chi connectivity index (χ4n) is 2.37. The van der Waals surface area contributed by atoms with Crippen molar-refractivity contribution in [3.05, 3.63) is 68.4 Å². The van der Waals surface area contributed by atoms with Crippen molar-refractivity contribution in [1.29, 1.82) is 0 Å². The van der Waals surface area contributed by atoms with E-state index in [1.165, 1.54) is 18.3 Å². The minimum Gasteiger partial charge on any atom is -0.481 e. The lowest BCUT2D eigenvalue weighted by molar-refractivity contribution is -0.136. The van der Waals surface area contributed by atoms with Gasteiger partial charge in [0.1, 0.15) is 5.82 Å². The molecule has 0 aliphatic carbocycles. The summed E-state index contributed by atoms with van der Waals surface area (Å²) in [4.78, 5) is 27.6. The number of hydrogen-bond donors (Lipinski definition) is 1. The second kappa shape index (κ2) is 6.48. The van der Waals surface area contributed by atoms with Crippen molar-refractivity contribution in [3.8, 4) is 0 Å². The third-order valence-electron chi connectivity index (χ3n) is 3.44. The van der Waals surface area contributed by atoms with Gasteiger partial charge >= 0.3 is 5.97 Å². The van der Waals surface area contributed by atoms with Crippen molar-refractivity contribution in [1.82, 2.24) is 14.8 Å². The van der Waals surface area contributed by atoms with Gasteiger partial charge in [0.2, 0.25) is 0 Å². The molecular weight excluding hydrogens is 381 g/mol. The van der Waals surface area contributed by atoms with E-state index in [2.05, 4.69) is 26.0 Å². The van der Waals surface area contributed by atoms with Crippen LogP contribution in [-0.2, 0) is 17.8 Å². The first-order valence-corrected chi connectivity index (χ1v) is 7.75. The minimum absolute atomic E-state index is 0.102. The van der Waals surface area contributed by atoms with Gasteiger partial charge in [-0.2, -0.15) is 5.10 Å². The van der Waals surface area contributed by atoms with Gasteiger partial charge in [-0.3, -0.25) is 14.6 Å². The molecule has 0 amide bonds. The number of aromatic nitrogens is 3. The van der Waals surface area contributed by atoms with Crippen LogP contribution in [0.5, 0.6) is 0 Å². The number of nitrogens with zero attached hydrogens (tertiary/aromatic N) is 3. The number of carboxylic acids is 1. The first kappa shape index (κ1) is 16.3. The highest BCUT2D eigenvalue weighted by Crippen LogP contribution is 2.17. The van der Waals surface area contributed by atoms with Crippen LogP contribution in [0.15, 0.2) is 45.8 Å². The molecule has 0 aliphatic rings. The quantitative estimate of drug-likeness (QED) is 0.737. The number of carboxylic acid groups (broad SMARTS) is 1. The van der Waals surface area contributed by atoms with Crippen LogP contribution in [0.3, 0.4) is 0 Å². The van der Waals surface area contributed by atoms with Crippen LogP contribution in [0.25, 0.3) is 10.9 Å². The monoisotopic (exact) mass is 391 g/mol. The Balaban J connectivity index is 2.15. The minimum atomic E-state index is -1.09. The van der Waals surface area contributed by atoms with E-state index in [1.807, 2.05) is 0 Å². The molecule has 8 heteroatoms. The molecule has 0 unspecified atom stereocenters. The number of aliphatic carboxylic acids is 1. The molecule has 0 saturated heterocycles. The summed E-state index contributed by atoms with van der Waals surface area (Å²) < 4.78 is 15.7. The zero-order valence-electron chi connectivity index (χ0n) is 12.2. The topological polar surface area (TPSA) is 85.1 Å². The Morgan fingerprint density at radius 2 is 2.12 bits per heavy atom. The molecule has 2 aromatic heterocycles. The maximum atomic E-state index is 14.0. The second-order valence-electron chi connectivity index (χ2n) is 5.12. The van der Waals surface area contributed by atoms with Crippen molar-refractivity contribution in [2.45, 2.75) is 13.0 Å². The van der Waals surface area contributed by atoms with Gasteiger partial charge in [0.15, 0.2) is 0 Å². The van der Waals surface area contributed by atoms with Gasteiger partial charge in [0.25, 0.3) is 5.56 Å². The Kier molecular flexibility index (Phi) is 4.39. The molecule has 2 heterocycles. The molecule has 122 valence electrons. The maximum Gasteiger partial charge on any atom is 0.309 e. The number of pyridine rings is 1. The fourth-order valence-corrected chi connectivity index (χ4v) is 2.70. The summed E-state index contributed by atoms with van der Waals surface area (Å²) in [5, 5.41) is 13.4.